The van der Waals surface area contributed by atoms with Crippen molar-refractivity contribution < 1.29 is 4.74 Å². The number of fused-ring (bicyclic) bond motifs is 1. The summed E-state index contributed by atoms with van der Waals surface area (Å²) in [6.45, 7) is 8.09. The van der Waals surface area contributed by atoms with Crippen molar-refractivity contribution in [1.29, 1.82) is 0 Å². The average molecular weight is 270 g/mol. The van der Waals surface area contributed by atoms with E-state index in [0.29, 0.717) is 18.0 Å². The highest BCUT2D eigenvalue weighted by Gasteiger charge is 2.31. The van der Waals surface area contributed by atoms with Crippen molar-refractivity contribution >= 4 is 16.9 Å². The zero-order valence-electron chi connectivity index (χ0n) is 11.8. The highest BCUT2D eigenvalue weighted by atomic mass is 32.2. The normalized spacial score (nSPS) is 29.0. The Bertz CT molecular complexity index is 294. The van der Waals surface area contributed by atoms with Gasteiger partial charge in [-0.25, -0.2) is 0 Å². The minimum absolute atomic E-state index is 0.383. The lowest BCUT2D eigenvalue weighted by Gasteiger charge is -2.28. The average Bonchev–Trinajstić information content (AvgIpc) is 2.81. The third kappa shape index (κ3) is 3.64. The zero-order chi connectivity index (χ0) is 13.0. The third-order valence-corrected chi connectivity index (χ3v) is 5.04. The van der Waals surface area contributed by atoms with Crippen LogP contribution >= 0.6 is 11.8 Å². The van der Waals surface area contributed by atoms with E-state index in [1.54, 1.807) is 0 Å². The molecule has 0 bridgehead atoms. The van der Waals surface area contributed by atoms with Crippen LogP contribution in [0.25, 0.3) is 0 Å². The lowest BCUT2D eigenvalue weighted by Crippen LogP contribution is -2.42. The third-order valence-electron chi connectivity index (χ3n) is 3.95. The van der Waals surface area contributed by atoms with E-state index in [9.17, 15) is 0 Å². The number of thioether (sulfide) groups is 1. The molecule has 2 aliphatic rings. The van der Waals surface area contributed by atoms with Gasteiger partial charge in [-0.05, 0) is 31.6 Å². The highest BCUT2D eigenvalue weighted by molar-refractivity contribution is 8.13. The maximum atomic E-state index is 5.56. The molecule has 1 aliphatic heterocycles. The van der Waals surface area contributed by atoms with Gasteiger partial charge in [0.15, 0.2) is 5.17 Å². The Balaban J connectivity index is 1.90. The van der Waals surface area contributed by atoms with Crippen molar-refractivity contribution in [3.63, 3.8) is 0 Å². The fourth-order valence-corrected chi connectivity index (χ4v) is 3.84. The van der Waals surface area contributed by atoms with Gasteiger partial charge in [-0.3, -0.25) is 4.99 Å². The quantitative estimate of drug-likeness (QED) is 0.834. The zero-order valence-corrected chi connectivity index (χ0v) is 12.6. The minimum atomic E-state index is 0.383. The van der Waals surface area contributed by atoms with Crippen LogP contribution in [0.3, 0.4) is 0 Å². The van der Waals surface area contributed by atoms with Crippen molar-refractivity contribution in [1.82, 2.24) is 5.32 Å². The number of hydrogen-bond acceptors (Lipinski definition) is 4. The van der Waals surface area contributed by atoms with Gasteiger partial charge in [0.05, 0.1) is 18.7 Å². The maximum Gasteiger partial charge on any atom is 0.157 e. The number of ether oxygens (including phenoxy) is 1. The fraction of sp³-hybridized carbons (Fsp3) is 0.929. The largest absolute Gasteiger partial charge is 0.380 e. The Morgan fingerprint density at radius 3 is 3.00 bits per heavy atom. The minimum Gasteiger partial charge on any atom is -0.380 e. The molecule has 0 aromatic carbocycles. The van der Waals surface area contributed by atoms with Gasteiger partial charge in [-0.15, -0.1) is 0 Å². The van der Waals surface area contributed by atoms with Crippen molar-refractivity contribution in [2.45, 2.75) is 52.1 Å². The van der Waals surface area contributed by atoms with E-state index < -0.39 is 0 Å². The first-order chi connectivity index (χ1) is 8.70. The first-order valence-electron chi connectivity index (χ1n) is 7.25. The van der Waals surface area contributed by atoms with E-state index in [2.05, 4.69) is 19.2 Å². The molecule has 1 fully saturated rings. The molecule has 4 heteroatoms. The molecule has 3 nitrogen and oxygen atoms in total. The second-order valence-electron chi connectivity index (χ2n) is 5.66. The van der Waals surface area contributed by atoms with E-state index in [-0.39, 0.29) is 0 Å². The van der Waals surface area contributed by atoms with Gasteiger partial charge in [0.1, 0.15) is 0 Å². The molecular formula is C14H26N2OS. The molecule has 0 aromatic heterocycles. The molecule has 1 saturated carbocycles. The summed E-state index contributed by atoms with van der Waals surface area (Å²) >= 11 is 1.90. The van der Waals surface area contributed by atoms with E-state index in [4.69, 9.17) is 9.73 Å². The van der Waals surface area contributed by atoms with Crippen molar-refractivity contribution in [3.05, 3.63) is 0 Å². The summed E-state index contributed by atoms with van der Waals surface area (Å²) < 4.78 is 5.56. The molecule has 0 aromatic rings. The Kier molecular flexibility index (Phi) is 5.37. The van der Waals surface area contributed by atoms with E-state index in [1.807, 2.05) is 18.7 Å². The van der Waals surface area contributed by atoms with E-state index in [1.165, 1.54) is 25.0 Å². The lowest BCUT2D eigenvalue weighted by atomic mass is 10.1. The van der Waals surface area contributed by atoms with Crippen molar-refractivity contribution in [3.8, 4) is 0 Å². The standard InChI is InChI=1S/C14H26N2OS/c1-4-17-8-13(10(2)3)16-14-15-12-7-5-6-11(12)9-18-14/h10-13H,4-9H2,1-3H3,(H,15,16). The monoisotopic (exact) mass is 270 g/mol. The van der Waals surface area contributed by atoms with Crippen LogP contribution in [0.2, 0.25) is 0 Å². The topological polar surface area (TPSA) is 33.6 Å². The Labute approximate surface area is 115 Å². The Hall–Kier alpha value is -0.220. The molecule has 1 aliphatic carbocycles. The first-order valence-corrected chi connectivity index (χ1v) is 8.24. The molecule has 0 amide bonds. The van der Waals surface area contributed by atoms with Crippen LogP contribution < -0.4 is 5.32 Å². The molecule has 18 heavy (non-hydrogen) atoms. The molecule has 0 saturated heterocycles. The van der Waals surface area contributed by atoms with Crippen LogP contribution in [0.1, 0.15) is 40.0 Å². The maximum absolute atomic E-state index is 5.56. The van der Waals surface area contributed by atoms with E-state index >= 15 is 0 Å². The number of hydrogen-bond donors (Lipinski definition) is 1. The molecule has 3 atom stereocenters. The Morgan fingerprint density at radius 1 is 1.44 bits per heavy atom. The second-order valence-corrected chi connectivity index (χ2v) is 6.67. The summed E-state index contributed by atoms with van der Waals surface area (Å²) in [5.41, 5.74) is 0. The number of amidine groups is 1. The van der Waals surface area contributed by atoms with Gasteiger partial charge < -0.3 is 10.1 Å². The summed E-state index contributed by atoms with van der Waals surface area (Å²) in [7, 11) is 0. The number of rotatable bonds is 5. The van der Waals surface area contributed by atoms with Crippen LogP contribution in [0.15, 0.2) is 4.99 Å². The molecule has 0 radical (unpaired) electrons. The van der Waals surface area contributed by atoms with Gasteiger partial charge in [0, 0.05) is 12.4 Å². The van der Waals surface area contributed by atoms with Gasteiger partial charge >= 0.3 is 0 Å². The number of nitrogens with one attached hydrogen (secondary N) is 1. The summed E-state index contributed by atoms with van der Waals surface area (Å²) in [4.78, 5) is 4.89. The smallest absolute Gasteiger partial charge is 0.157 e. The van der Waals surface area contributed by atoms with Crippen LogP contribution in [0.4, 0.5) is 0 Å². The SMILES string of the molecule is CCOCC(NC1=NC2CCCC2CS1)C(C)C. The molecule has 3 unspecified atom stereocenters. The molecule has 0 spiro atoms. The Morgan fingerprint density at radius 2 is 2.28 bits per heavy atom. The van der Waals surface area contributed by atoms with Gasteiger partial charge in [0.25, 0.3) is 0 Å². The number of aliphatic imine (C=N–C) groups is 1. The predicted molar refractivity (Wildman–Crippen MR) is 79.3 cm³/mol. The predicted octanol–water partition coefficient (Wildman–Crippen LogP) is 2.91. The summed E-state index contributed by atoms with van der Waals surface area (Å²) in [5.74, 6) is 2.65. The van der Waals surface area contributed by atoms with Crippen LogP contribution in [0.5, 0.6) is 0 Å². The van der Waals surface area contributed by atoms with Gasteiger partial charge in [0.2, 0.25) is 0 Å². The molecule has 104 valence electrons. The highest BCUT2D eigenvalue weighted by Crippen LogP contribution is 2.35. The molecular weight excluding hydrogens is 244 g/mol. The van der Waals surface area contributed by atoms with Crippen LogP contribution in [-0.4, -0.2) is 36.2 Å². The fourth-order valence-electron chi connectivity index (χ4n) is 2.64. The van der Waals surface area contributed by atoms with Crippen LogP contribution in [0, 0.1) is 11.8 Å². The van der Waals surface area contributed by atoms with Gasteiger partial charge in [-0.1, -0.05) is 32.0 Å². The molecule has 1 heterocycles. The molecule has 1 N–H and O–H groups in total. The summed E-state index contributed by atoms with van der Waals surface area (Å²) in [5, 5.41) is 4.74. The second kappa shape index (κ2) is 6.80. The first kappa shape index (κ1) is 14.2. The summed E-state index contributed by atoms with van der Waals surface area (Å²) in [6, 6.07) is 0.975. The lowest BCUT2D eigenvalue weighted by molar-refractivity contribution is 0.115. The number of nitrogens with zero attached hydrogens (tertiary/aromatic N) is 1. The van der Waals surface area contributed by atoms with Crippen LogP contribution in [-0.2, 0) is 4.74 Å². The van der Waals surface area contributed by atoms with Crippen molar-refractivity contribution in [2.24, 2.45) is 16.8 Å². The van der Waals surface area contributed by atoms with Crippen molar-refractivity contribution in [2.75, 3.05) is 19.0 Å². The van der Waals surface area contributed by atoms with Gasteiger partial charge in [-0.2, -0.15) is 0 Å². The van der Waals surface area contributed by atoms with E-state index in [0.717, 1.165) is 24.3 Å². The molecule has 2 rings (SSSR count). The summed E-state index contributed by atoms with van der Waals surface area (Å²) in [6.07, 6.45) is 4.02.